The molecule has 0 fully saturated rings. The van der Waals surface area contributed by atoms with E-state index in [1.807, 2.05) is 33.8 Å². The molecular formula is C32H40FN5O5. The molecule has 230 valence electrons. The van der Waals surface area contributed by atoms with Crippen LogP contribution in [0.4, 0.5) is 14.0 Å². The number of amides is 3. The molecule has 3 aromatic rings. The SMILES string of the molecule is C/C(=C/CC1CN(C(=O)OC(C)(C)C)C(=O)c2cc(-c3cccc4nc(C)c(F)nc34)[nH]c21)CN(C)C(=O)OC(C)(C)C. The topological polar surface area (TPSA) is 118 Å². The van der Waals surface area contributed by atoms with E-state index in [-0.39, 0.29) is 18.2 Å². The quantitative estimate of drug-likeness (QED) is 0.325. The molecule has 4 rings (SSSR count). The summed E-state index contributed by atoms with van der Waals surface area (Å²) in [6.45, 7) is 14.6. The first kappa shape index (κ1) is 31.7. The van der Waals surface area contributed by atoms with E-state index in [0.29, 0.717) is 46.5 Å². The zero-order chi connectivity index (χ0) is 31.9. The fourth-order valence-corrected chi connectivity index (χ4v) is 4.87. The fraction of sp³-hybridized carbons (Fsp3) is 0.469. The van der Waals surface area contributed by atoms with Crippen LogP contribution in [-0.4, -0.2) is 74.2 Å². The number of fused-ring (bicyclic) bond motifs is 2. The van der Waals surface area contributed by atoms with E-state index in [9.17, 15) is 18.8 Å². The van der Waals surface area contributed by atoms with Gasteiger partial charge >= 0.3 is 12.2 Å². The first-order valence-corrected chi connectivity index (χ1v) is 14.2. The number of allylic oxidation sites excluding steroid dienone is 1. The largest absolute Gasteiger partial charge is 0.444 e. The molecule has 1 aromatic carbocycles. The third-order valence-electron chi connectivity index (χ3n) is 6.79. The highest BCUT2D eigenvalue weighted by Crippen LogP contribution is 2.36. The van der Waals surface area contributed by atoms with Crippen molar-refractivity contribution < 1.29 is 28.2 Å². The summed E-state index contributed by atoms with van der Waals surface area (Å²) in [5, 5.41) is 0. The van der Waals surface area contributed by atoms with Crippen molar-refractivity contribution in [1.29, 1.82) is 0 Å². The molecule has 1 unspecified atom stereocenters. The number of hydrogen-bond donors (Lipinski definition) is 1. The molecule has 0 saturated carbocycles. The van der Waals surface area contributed by atoms with Crippen LogP contribution in [0.25, 0.3) is 22.3 Å². The van der Waals surface area contributed by atoms with Gasteiger partial charge < -0.3 is 19.4 Å². The van der Waals surface area contributed by atoms with Crippen molar-refractivity contribution in [2.24, 2.45) is 0 Å². The Balaban J connectivity index is 1.69. The monoisotopic (exact) mass is 593 g/mol. The molecule has 0 spiro atoms. The molecule has 0 aliphatic carbocycles. The number of halogens is 1. The summed E-state index contributed by atoms with van der Waals surface area (Å²) in [7, 11) is 1.67. The van der Waals surface area contributed by atoms with Crippen molar-refractivity contribution in [3.63, 3.8) is 0 Å². The van der Waals surface area contributed by atoms with Crippen molar-refractivity contribution >= 4 is 29.1 Å². The minimum Gasteiger partial charge on any atom is -0.444 e. The van der Waals surface area contributed by atoms with Crippen molar-refractivity contribution in [1.82, 2.24) is 24.8 Å². The lowest BCUT2D eigenvalue weighted by Gasteiger charge is -2.32. The number of hydrogen-bond acceptors (Lipinski definition) is 7. The molecule has 1 aliphatic rings. The van der Waals surface area contributed by atoms with Crippen LogP contribution in [0.5, 0.6) is 0 Å². The Morgan fingerprint density at radius 1 is 1.12 bits per heavy atom. The second-order valence-electron chi connectivity index (χ2n) is 13.0. The lowest BCUT2D eigenvalue weighted by atomic mass is 9.92. The first-order chi connectivity index (χ1) is 19.9. The number of nitrogens with one attached hydrogen (secondary N) is 1. The Hall–Kier alpha value is -4.28. The average molecular weight is 594 g/mol. The highest BCUT2D eigenvalue weighted by molar-refractivity contribution is 6.06. The molecular weight excluding hydrogens is 553 g/mol. The number of rotatable bonds is 5. The van der Waals surface area contributed by atoms with Crippen LogP contribution in [0.1, 0.15) is 82.6 Å². The lowest BCUT2D eigenvalue weighted by molar-refractivity contribution is 0.0215. The summed E-state index contributed by atoms with van der Waals surface area (Å²) in [5.74, 6) is -1.45. The average Bonchev–Trinajstić information content (AvgIpc) is 3.32. The third kappa shape index (κ3) is 7.39. The van der Waals surface area contributed by atoms with E-state index in [2.05, 4.69) is 15.0 Å². The number of para-hydroxylation sites is 1. The van der Waals surface area contributed by atoms with Crippen molar-refractivity contribution in [2.75, 3.05) is 20.1 Å². The molecule has 0 bridgehead atoms. The van der Waals surface area contributed by atoms with Gasteiger partial charge in [-0.05, 0) is 73.9 Å². The minimum atomic E-state index is -0.789. The molecule has 43 heavy (non-hydrogen) atoms. The number of aryl methyl sites for hydroxylation is 1. The predicted octanol–water partition coefficient (Wildman–Crippen LogP) is 6.75. The summed E-state index contributed by atoms with van der Waals surface area (Å²) >= 11 is 0. The van der Waals surface area contributed by atoms with E-state index < -0.39 is 35.2 Å². The fourth-order valence-electron chi connectivity index (χ4n) is 4.87. The predicted molar refractivity (Wildman–Crippen MR) is 161 cm³/mol. The molecule has 0 saturated heterocycles. The smallest absolute Gasteiger partial charge is 0.417 e. The van der Waals surface area contributed by atoms with Crippen molar-refractivity contribution in [3.05, 3.63) is 58.8 Å². The molecule has 0 radical (unpaired) electrons. The van der Waals surface area contributed by atoms with Gasteiger partial charge in [0.2, 0.25) is 5.95 Å². The van der Waals surface area contributed by atoms with Crippen LogP contribution in [0.3, 0.4) is 0 Å². The van der Waals surface area contributed by atoms with Crippen molar-refractivity contribution in [3.8, 4) is 11.3 Å². The third-order valence-corrected chi connectivity index (χ3v) is 6.79. The zero-order valence-corrected chi connectivity index (χ0v) is 26.3. The van der Waals surface area contributed by atoms with Crippen LogP contribution in [0, 0.1) is 12.9 Å². The van der Waals surface area contributed by atoms with Crippen LogP contribution in [-0.2, 0) is 9.47 Å². The molecule has 1 atom stereocenters. The van der Waals surface area contributed by atoms with E-state index in [4.69, 9.17) is 9.47 Å². The summed E-state index contributed by atoms with van der Waals surface area (Å²) in [6.07, 6.45) is 1.30. The van der Waals surface area contributed by atoms with E-state index in [1.165, 1.54) is 4.90 Å². The van der Waals surface area contributed by atoms with Crippen LogP contribution >= 0.6 is 0 Å². The van der Waals surface area contributed by atoms with Gasteiger partial charge in [-0.3, -0.25) is 4.79 Å². The van der Waals surface area contributed by atoms with Crippen LogP contribution in [0.15, 0.2) is 35.9 Å². The second-order valence-corrected chi connectivity index (χ2v) is 13.0. The number of carbonyl (C=O) groups is 3. The Bertz CT molecular complexity index is 1600. The normalized spacial score (nSPS) is 15.9. The molecule has 1 N–H and O–H groups in total. The Morgan fingerprint density at radius 2 is 1.79 bits per heavy atom. The number of likely N-dealkylation sites (N-methyl/N-ethyl adjacent to an activating group) is 1. The maximum absolute atomic E-state index is 14.4. The number of benzene rings is 1. The first-order valence-electron chi connectivity index (χ1n) is 14.2. The molecule has 10 nitrogen and oxygen atoms in total. The summed E-state index contributed by atoms with van der Waals surface area (Å²) in [5.41, 5.74) is 2.72. The number of H-pyrrole nitrogens is 1. The number of aromatic nitrogens is 3. The van der Waals surface area contributed by atoms with E-state index in [1.54, 1.807) is 59.0 Å². The second kappa shape index (κ2) is 11.8. The van der Waals surface area contributed by atoms with Gasteiger partial charge in [-0.2, -0.15) is 4.39 Å². The lowest BCUT2D eigenvalue weighted by Crippen LogP contribution is -2.46. The van der Waals surface area contributed by atoms with Gasteiger partial charge in [0.05, 0.1) is 16.8 Å². The molecule has 1 aliphatic heterocycles. The summed E-state index contributed by atoms with van der Waals surface area (Å²) in [6, 6.07) is 7.00. The highest BCUT2D eigenvalue weighted by Gasteiger charge is 2.38. The van der Waals surface area contributed by atoms with Gasteiger partial charge in [0.1, 0.15) is 16.7 Å². The minimum absolute atomic E-state index is 0.0928. The van der Waals surface area contributed by atoms with Gasteiger partial charge in [-0.25, -0.2) is 24.5 Å². The molecule has 11 heteroatoms. The molecule has 2 aromatic heterocycles. The van der Waals surface area contributed by atoms with Gasteiger partial charge in [-0.1, -0.05) is 23.8 Å². The Morgan fingerprint density at radius 3 is 2.44 bits per heavy atom. The highest BCUT2D eigenvalue weighted by atomic mass is 19.1. The van der Waals surface area contributed by atoms with Gasteiger partial charge in [0.25, 0.3) is 5.91 Å². The maximum Gasteiger partial charge on any atom is 0.417 e. The molecule has 3 heterocycles. The number of imide groups is 1. The standard InChI is InChI=1S/C32H40FN5O5/c1-18(16-37(9)29(40)42-31(3,4)5)13-14-20-17-38(30(41)43-32(6,7)8)28(39)22-15-24(35-25(20)22)21-11-10-12-23-26(21)36-27(33)19(2)34-23/h10-13,15,20,35H,14,16-17H2,1-9H3/b18-13-. The number of aromatic amines is 1. The number of nitrogens with zero attached hydrogens (tertiary/aromatic N) is 4. The Kier molecular flexibility index (Phi) is 8.67. The number of ether oxygens (including phenoxy) is 2. The van der Waals surface area contributed by atoms with Gasteiger partial charge in [0, 0.05) is 43.0 Å². The van der Waals surface area contributed by atoms with Crippen molar-refractivity contribution in [2.45, 2.75) is 78.9 Å². The number of carbonyl (C=O) groups excluding carboxylic acids is 3. The van der Waals surface area contributed by atoms with Crippen LogP contribution < -0.4 is 0 Å². The molecule has 3 amide bonds. The summed E-state index contributed by atoms with van der Waals surface area (Å²) in [4.78, 5) is 53.6. The summed E-state index contributed by atoms with van der Waals surface area (Å²) < 4.78 is 25.4. The maximum atomic E-state index is 14.4. The van der Waals surface area contributed by atoms with Crippen LogP contribution in [0.2, 0.25) is 0 Å². The zero-order valence-electron chi connectivity index (χ0n) is 26.3. The van der Waals surface area contributed by atoms with Gasteiger partial charge in [-0.15, -0.1) is 0 Å². The van der Waals surface area contributed by atoms with E-state index in [0.717, 1.165) is 10.5 Å². The van der Waals surface area contributed by atoms with Gasteiger partial charge in [0.15, 0.2) is 0 Å². The Labute approximate surface area is 251 Å². The van der Waals surface area contributed by atoms with E-state index >= 15 is 0 Å².